The molecule has 5 nitrogen and oxygen atoms in total. The minimum absolute atomic E-state index is 0.463. The van der Waals surface area contributed by atoms with E-state index in [1.165, 1.54) is 0 Å². The van der Waals surface area contributed by atoms with E-state index in [-0.39, 0.29) is 0 Å². The quantitative estimate of drug-likeness (QED) is 0.644. The molecular formula is C14H12NO4P. The number of phosphoric acid groups is 1. The topological polar surface area (TPSA) is 76.8 Å². The molecule has 0 bridgehead atoms. The fraction of sp³-hybridized carbons (Fsp3) is 0.143. The molecule has 0 radical (unpaired) electrons. The zero-order valence-electron chi connectivity index (χ0n) is 10.4. The number of benzene rings is 2. The molecule has 1 fully saturated rings. The van der Waals surface area contributed by atoms with Crippen LogP contribution in [0.15, 0.2) is 48.5 Å². The predicted molar refractivity (Wildman–Crippen MR) is 71.7 cm³/mol. The molecule has 1 aliphatic heterocycles. The van der Waals surface area contributed by atoms with Crippen LogP contribution in [0.4, 0.5) is 0 Å². The maximum Gasteiger partial charge on any atom is 0.404 e. The van der Waals surface area contributed by atoms with E-state index in [0.29, 0.717) is 0 Å². The highest BCUT2D eigenvalue weighted by Gasteiger charge is 2.55. The van der Waals surface area contributed by atoms with Crippen molar-refractivity contribution in [2.75, 3.05) is 0 Å². The molecule has 2 aromatic rings. The Bertz CT molecular complexity index is 624. The van der Waals surface area contributed by atoms with E-state index in [2.05, 4.69) is 4.62 Å². The predicted octanol–water partition coefficient (Wildman–Crippen LogP) is 2.42. The van der Waals surface area contributed by atoms with Gasteiger partial charge in [-0.3, -0.25) is 0 Å². The van der Waals surface area contributed by atoms with E-state index in [9.17, 15) is 4.89 Å². The second-order valence-electron chi connectivity index (χ2n) is 4.78. The highest BCUT2D eigenvalue weighted by atomic mass is 31.2. The first kappa shape index (κ1) is 12.4. The van der Waals surface area contributed by atoms with Gasteiger partial charge in [0.2, 0.25) is 0 Å². The summed E-state index contributed by atoms with van der Waals surface area (Å²) >= 11 is 0. The first-order valence-electron chi connectivity index (χ1n) is 6.25. The van der Waals surface area contributed by atoms with Crippen molar-refractivity contribution in [3.63, 3.8) is 0 Å². The van der Waals surface area contributed by atoms with Crippen LogP contribution in [0.1, 0.15) is 23.3 Å². The fourth-order valence-corrected chi connectivity index (χ4v) is 4.04. The van der Waals surface area contributed by atoms with Crippen molar-refractivity contribution in [1.29, 1.82) is 0 Å². The molecular weight excluding hydrogens is 277 g/mol. The lowest BCUT2D eigenvalue weighted by molar-refractivity contribution is -0.239. The average Bonchev–Trinajstić information content (AvgIpc) is 2.87. The molecule has 6 heteroatoms. The molecule has 2 atom stereocenters. The van der Waals surface area contributed by atoms with E-state index in [0.717, 1.165) is 22.3 Å². The van der Waals surface area contributed by atoms with Crippen LogP contribution in [0.25, 0.3) is 11.1 Å². The van der Waals surface area contributed by atoms with Crippen molar-refractivity contribution in [3.05, 3.63) is 59.7 Å². The molecule has 102 valence electrons. The summed E-state index contributed by atoms with van der Waals surface area (Å²) in [5, 5.41) is 0. The zero-order chi connectivity index (χ0) is 13.7. The van der Waals surface area contributed by atoms with Crippen molar-refractivity contribution in [1.82, 2.24) is 0 Å². The Morgan fingerprint density at radius 2 is 1.35 bits per heavy atom. The molecule has 20 heavy (non-hydrogen) atoms. The van der Waals surface area contributed by atoms with E-state index >= 15 is 0 Å². The smallest absolute Gasteiger partial charge is 0.404 e. The van der Waals surface area contributed by atoms with Gasteiger partial charge in [0.1, 0.15) is 0 Å². The molecule has 2 aliphatic rings. The largest absolute Gasteiger partial charge is 0.604 e. The summed E-state index contributed by atoms with van der Waals surface area (Å²) in [5.41, 5.74) is 3.98. The Balaban J connectivity index is 1.94. The minimum Gasteiger partial charge on any atom is -0.604 e. The van der Waals surface area contributed by atoms with Gasteiger partial charge in [-0.15, -0.1) is 0 Å². The molecule has 2 aromatic carbocycles. The highest BCUT2D eigenvalue weighted by molar-refractivity contribution is 7.54. The van der Waals surface area contributed by atoms with Crippen molar-refractivity contribution in [3.8, 4) is 11.1 Å². The van der Waals surface area contributed by atoms with Crippen molar-refractivity contribution < 1.29 is 18.6 Å². The third-order valence-corrected chi connectivity index (χ3v) is 4.94. The van der Waals surface area contributed by atoms with E-state index in [1.54, 1.807) is 0 Å². The number of fused-ring (bicyclic) bond motifs is 6. The van der Waals surface area contributed by atoms with Gasteiger partial charge in [-0.25, -0.2) is 0 Å². The van der Waals surface area contributed by atoms with Crippen molar-refractivity contribution in [2.24, 2.45) is 5.90 Å². The number of hydrogen-bond donors (Lipinski definition) is 1. The minimum atomic E-state index is -3.69. The Labute approximate surface area is 116 Å². The van der Waals surface area contributed by atoms with Gasteiger partial charge in [0.15, 0.2) is 12.2 Å². The lowest BCUT2D eigenvalue weighted by Crippen LogP contribution is -2.16. The molecule has 1 aliphatic carbocycles. The summed E-state index contributed by atoms with van der Waals surface area (Å²) in [5.74, 6) is 5.05. The third-order valence-electron chi connectivity index (χ3n) is 3.71. The monoisotopic (exact) mass is 289 g/mol. The number of nitrogens with two attached hydrogens (primary N) is 1. The average molecular weight is 289 g/mol. The maximum atomic E-state index is 12.2. The van der Waals surface area contributed by atoms with Crippen molar-refractivity contribution in [2.45, 2.75) is 12.2 Å². The van der Waals surface area contributed by atoms with Crippen molar-refractivity contribution >= 4 is 8.17 Å². The van der Waals surface area contributed by atoms with Gasteiger partial charge in [-0.2, -0.15) is 14.9 Å². The molecule has 2 unspecified atom stereocenters. The number of phosphoric ester groups is 1. The highest BCUT2D eigenvalue weighted by Crippen LogP contribution is 2.70. The maximum absolute atomic E-state index is 12.2. The fourth-order valence-electron chi connectivity index (χ4n) is 2.88. The zero-order valence-corrected chi connectivity index (χ0v) is 11.3. The molecule has 0 aromatic heterocycles. The summed E-state index contributed by atoms with van der Waals surface area (Å²) in [6.07, 6.45) is -0.925. The Hall–Kier alpha value is -1.33. The second-order valence-corrected chi connectivity index (χ2v) is 6.31. The van der Waals surface area contributed by atoms with E-state index in [1.807, 2.05) is 48.5 Å². The van der Waals surface area contributed by atoms with Gasteiger partial charge in [0, 0.05) is 0 Å². The SMILES string of the molecule is NO[P+]1([O-])OC2c3ccccc3-c3ccccc3C2O1. The molecule has 1 saturated heterocycles. The van der Waals surface area contributed by atoms with Gasteiger partial charge >= 0.3 is 8.17 Å². The second kappa shape index (κ2) is 4.33. The first-order chi connectivity index (χ1) is 9.72. The van der Waals surface area contributed by atoms with Gasteiger partial charge < -0.3 is 4.89 Å². The molecule has 4 rings (SSSR count). The standard InChI is InChI=1S/C14H12NO4P/c15-19-20(16)17-13-11-7-3-1-5-9(11)10-6-2-4-8-12(10)14(13)18-20/h1-8,13-14H,15H2. The van der Waals surface area contributed by atoms with Crippen LogP contribution < -0.4 is 10.8 Å². The van der Waals surface area contributed by atoms with Gasteiger partial charge in [-0.05, 0) is 22.3 Å². The normalized spacial score (nSPS) is 30.5. The first-order valence-corrected chi connectivity index (χ1v) is 7.71. The Morgan fingerprint density at radius 3 is 1.80 bits per heavy atom. The Morgan fingerprint density at radius 1 is 0.900 bits per heavy atom. The van der Waals surface area contributed by atoms with Crippen LogP contribution in [0.5, 0.6) is 0 Å². The lowest BCUT2D eigenvalue weighted by atomic mass is 9.82. The summed E-state index contributed by atoms with van der Waals surface area (Å²) in [7, 11) is -3.69. The number of rotatable bonds is 1. The van der Waals surface area contributed by atoms with Gasteiger partial charge in [-0.1, -0.05) is 53.2 Å². The van der Waals surface area contributed by atoms with E-state index in [4.69, 9.17) is 14.9 Å². The van der Waals surface area contributed by atoms with Crippen LogP contribution in [0.2, 0.25) is 0 Å². The molecule has 0 spiro atoms. The number of hydrogen-bond acceptors (Lipinski definition) is 5. The summed E-state index contributed by atoms with van der Waals surface area (Å²) < 4.78 is 15.4. The van der Waals surface area contributed by atoms with Crippen LogP contribution in [-0.2, 0) is 13.7 Å². The Kier molecular flexibility index (Phi) is 2.69. The van der Waals surface area contributed by atoms with Crippen LogP contribution in [0.3, 0.4) is 0 Å². The molecule has 0 saturated carbocycles. The van der Waals surface area contributed by atoms with Crippen LogP contribution >= 0.6 is 8.17 Å². The molecule has 0 amide bonds. The lowest BCUT2D eigenvalue weighted by Gasteiger charge is -2.25. The van der Waals surface area contributed by atoms with Crippen LogP contribution in [0, 0.1) is 0 Å². The van der Waals surface area contributed by atoms with Gasteiger partial charge in [0.05, 0.1) is 0 Å². The van der Waals surface area contributed by atoms with Gasteiger partial charge in [0.25, 0.3) is 0 Å². The van der Waals surface area contributed by atoms with Crippen LogP contribution in [-0.4, -0.2) is 0 Å². The van der Waals surface area contributed by atoms with E-state index < -0.39 is 20.4 Å². The summed E-state index contributed by atoms with van der Waals surface area (Å²) in [6.45, 7) is 0. The summed E-state index contributed by atoms with van der Waals surface area (Å²) in [4.78, 5) is 12.2. The summed E-state index contributed by atoms with van der Waals surface area (Å²) in [6, 6.07) is 15.7. The molecule has 2 N–H and O–H groups in total. The third kappa shape index (κ3) is 1.66. The molecule has 1 heterocycles.